The van der Waals surface area contributed by atoms with Crippen molar-refractivity contribution in [3.63, 3.8) is 0 Å². The number of rotatable bonds is 5. The van der Waals surface area contributed by atoms with Crippen LogP contribution in [0.15, 0.2) is 12.7 Å². The minimum atomic E-state index is -0.378. The predicted octanol–water partition coefficient (Wildman–Crippen LogP) is -0.416. The van der Waals surface area contributed by atoms with Crippen LogP contribution in [-0.4, -0.2) is 37.6 Å². The molecular weight excluding hydrogens is 196 g/mol. The van der Waals surface area contributed by atoms with Crippen LogP contribution in [0.3, 0.4) is 0 Å². The highest BCUT2D eigenvalue weighted by molar-refractivity contribution is 5.87. The molecule has 1 fully saturated rings. The van der Waals surface area contributed by atoms with E-state index in [0.29, 0.717) is 13.2 Å². The Morgan fingerprint density at radius 1 is 1.47 bits per heavy atom. The Labute approximate surface area is 88.9 Å². The number of nitrogens with one attached hydrogen (secondary N) is 2. The molecule has 5 heteroatoms. The molecule has 0 aliphatic carbocycles. The van der Waals surface area contributed by atoms with Gasteiger partial charge in [0.05, 0.1) is 6.54 Å². The molecule has 84 valence electrons. The number of amides is 2. The fourth-order valence-electron chi connectivity index (χ4n) is 1.31. The average Bonchev–Trinajstić information content (AvgIpc) is 2.76. The van der Waals surface area contributed by atoms with Gasteiger partial charge in [-0.15, -0.1) is 6.58 Å². The minimum Gasteiger partial charge on any atom is -0.368 e. The number of carbonyl (C=O) groups excluding carboxylic acids is 2. The van der Waals surface area contributed by atoms with Crippen molar-refractivity contribution in [2.24, 2.45) is 0 Å². The Kier molecular flexibility index (Phi) is 4.83. The summed E-state index contributed by atoms with van der Waals surface area (Å²) in [5.74, 6) is -0.428. The molecule has 15 heavy (non-hydrogen) atoms. The maximum atomic E-state index is 11.4. The summed E-state index contributed by atoms with van der Waals surface area (Å²) in [7, 11) is 0. The van der Waals surface area contributed by atoms with Crippen LogP contribution in [0.1, 0.15) is 12.8 Å². The molecule has 0 saturated carbocycles. The summed E-state index contributed by atoms with van der Waals surface area (Å²) in [5.41, 5.74) is 0. The molecule has 1 saturated heterocycles. The van der Waals surface area contributed by atoms with Crippen LogP contribution < -0.4 is 10.6 Å². The van der Waals surface area contributed by atoms with Crippen LogP contribution in [0.4, 0.5) is 0 Å². The molecular formula is C10H16N2O3. The second-order valence-corrected chi connectivity index (χ2v) is 3.31. The van der Waals surface area contributed by atoms with E-state index in [9.17, 15) is 9.59 Å². The van der Waals surface area contributed by atoms with E-state index in [1.807, 2.05) is 0 Å². The van der Waals surface area contributed by atoms with Crippen molar-refractivity contribution in [3.8, 4) is 0 Å². The van der Waals surface area contributed by atoms with Crippen LogP contribution in [0, 0.1) is 0 Å². The molecule has 0 aromatic heterocycles. The van der Waals surface area contributed by atoms with Gasteiger partial charge in [-0.25, -0.2) is 0 Å². The molecule has 1 atom stereocenters. The maximum Gasteiger partial charge on any atom is 0.249 e. The smallest absolute Gasteiger partial charge is 0.249 e. The van der Waals surface area contributed by atoms with Crippen LogP contribution >= 0.6 is 0 Å². The first-order valence-corrected chi connectivity index (χ1v) is 5.01. The van der Waals surface area contributed by atoms with Crippen LogP contribution in [-0.2, 0) is 14.3 Å². The van der Waals surface area contributed by atoms with Crippen molar-refractivity contribution >= 4 is 11.8 Å². The fourth-order valence-corrected chi connectivity index (χ4v) is 1.31. The summed E-state index contributed by atoms with van der Waals surface area (Å²) in [6.45, 7) is 4.50. The van der Waals surface area contributed by atoms with Gasteiger partial charge in [0.2, 0.25) is 11.8 Å². The standard InChI is InChI=1S/C10H16N2O3/c1-2-5-11-9(13)7-12-10(14)8-4-3-6-15-8/h2,8H,1,3-7H2,(H,11,13)(H,12,14). The molecule has 2 N–H and O–H groups in total. The third kappa shape index (κ3) is 4.12. The van der Waals surface area contributed by atoms with Gasteiger partial charge in [-0.3, -0.25) is 9.59 Å². The number of ether oxygens (including phenoxy) is 1. The molecule has 0 spiro atoms. The van der Waals surface area contributed by atoms with Crippen LogP contribution in [0.5, 0.6) is 0 Å². The van der Waals surface area contributed by atoms with E-state index in [0.717, 1.165) is 12.8 Å². The van der Waals surface area contributed by atoms with Gasteiger partial charge in [0.25, 0.3) is 0 Å². The van der Waals surface area contributed by atoms with Gasteiger partial charge in [-0.05, 0) is 12.8 Å². The lowest BCUT2D eigenvalue weighted by Gasteiger charge is -2.09. The van der Waals surface area contributed by atoms with Gasteiger partial charge in [0.1, 0.15) is 6.10 Å². The van der Waals surface area contributed by atoms with Crippen molar-refractivity contribution in [1.29, 1.82) is 0 Å². The minimum absolute atomic E-state index is 0.00741. The number of carbonyl (C=O) groups is 2. The first kappa shape index (κ1) is 11.7. The molecule has 0 aromatic rings. The summed E-state index contributed by atoms with van der Waals surface area (Å²) >= 11 is 0. The lowest BCUT2D eigenvalue weighted by atomic mass is 10.2. The maximum absolute atomic E-state index is 11.4. The van der Waals surface area contributed by atoms with Crippen molar-refractivity contribution in [2.75, 3.05) is 19.7 Å². The molecule has 2 amide bonds. The predicted molar refractivity (Wildman–Crippen MR) is 55.2 cm³/mol. The van der Waals surface area contributed by atoms with E-state index in [4.69, 9.17) is 4.74 Å². The first-order chi connectivity index (χ1) is 7.24. The van der Waals surface area contributed by atoms with E-state index in [1.165, 1.54) is 0 Å². The Morgan fingerprint density at radius 2 is 2.27 bits per heavy atom. The highest BCUT2D eigenvalue weighted by Crippen LogP contribution is 2.11. The van der Waals surface area contributed by atoms with Gasteiger partial charge >= 0.3 is 0 Å². The summed E-state index contributed by atoms with van der Waals surface area (Å²) in [6, 6.07) is 0. The summed E-state index contributed by atoms with van der Waals surface area (Å²) in [6.07, 6.45) is 2.85. The molecule has 0 radical (unpaired) electrons. The number of hydrogen-bond acceptors (Lipinski definition) is 3. The fraction of sp³-hybridized carbons (Fsp3) is 0.600. The largest absolute Gasteiger partial charge is 0.368 e. The summed E-state index contributed by atoms with van der Waals surface area (Å²) < 4.78 is 5.17. The van der Waals surface area contributed by atoms with Crippen molar-refractivity contribution in [1.82, 2.24) is 10.6 Å². The molecule has 5 nitrogen and oxygen atoms in total. The van der Waals surface area contributed by atoms with Gasteiger partial charge in [0.15, 0.2) is 0 Å². The van der Waals surface area contributed by atoms with Gasteiger partial charge in [-0.1, -0.05) is 6.08 Å². The first-order valence-electron chi connectivity index (χ1n) is 5.01. The molecule has 1 rings (SSSR count). The molecule has 1 aliphatic heterocycles. The zero-order valence-electron chi connectivity index (χ0n) is 8.62. The third-order valence-electron chi connectivity index (χ3n) is 2.09. The highest BCUT2D eigenvalue weighted by atomic mass is 16.5. The van der Waals surface area contributed by atoms with Gasteiger partial charge in [0, 0.05) is 13.2 Å². The normalized spacial score (nSPS) is 19.6. The zero-order chi connectivity index (χ0) is 11.1. The Balaban J connectivity index is 2.15. The molecule has 0 aromatic carbocycles. The summed E-state index contributed by atoms with van der Waals surface area (Å²) in [5, 5.41) is 5.09. The summed E-state index contributed by atoms with van der Waals surface area (Å²) in [4.78, 5) is 22.5. The van der Waals surface area contributed by atoms with Crippen molar-refractivity contribution in [2.45, 2.75) is 18.9 Å². The average molecular weight is 212 g/mol. The lowest BCUT2D eigenvalue weighted by molar-refractivity contribution is -0.132. The van der Waals surface area contributed by atoms with E-state index in [-0.39, 0.29) is 24.5 Å². The molecule has 1 heterocycles. The molecule has 0 bridgehead atoms. The van der Waals surface area contributed by atoms with E-state index in [2.05, 4.69) is 17.2 Å². The highest BCUT2D eigenvalue weighted by Gasteiger charge is 2.23. The van der Waals surface area contributed by atoms with Gasteiger partial charge < -0.3 is 15.4 Å². The van der Waals surface area contributed by atoms with Crippen molar-refractivity contribution in [3.05, 3.63) is 12.7 Å². The Morgan fingerprint density at radius 3 is 2.87 bits per heavy atom. The monoisotopic (exact) mass is 212 g/mol. The van der Waals surface area contributed by atoms with E-state index >= 15 is 0 Å². The van der Waals surface area contributed by atoms with Crippen LogP contribution in [0.2, 0.25) is 0 Å². The Hall–Kier alpha value is -1.36. The quantitative estimate of drug-likeness (QED) is 0.608. The van der Waals surface area contributed by atoms with Crippen LogP contribution in [0.25, 0.3) is 0 Å². The second-order valence-electron chi connectivity index (χ2n) is 3.31. The topological polar surface area (TPSA) is 67.4 Å². The third-order valence-corrected chi connectivity index (χ3v) is 2.09. The molecule has 1 aliphatic rings. The van der Waals surface area contributed by atoms with E-state index < -0.39 is 0 Å². The SMILES string of the molecule is C=CCNC(=O)CNC(=O)C1CCCO1. The Bertz CT molecular complexity index is 247. The van der Waals surface area contributed by atoms with Crippen molar-refractivity contribution < 1.29 is 14.3 Å². The lowest BCUT2D eigenvalue weighted by Crippen LogP contribution is -2.41. The molecule has 1 unspecified atom stereocenters. The van der Waals surface area contributed by atoms with E-state index in [1.54, 1.807) is 6.08 Å². The second kappa shape index (κ2) is 6.19. The van der Waals surface area contributed by atoms with Gasteiger partial charge in [-0.2, -0.15) is 0 Å². The zero-order valence-corrected chi connectivity index (χ0v) is 8.62. The number of hydrogen-bond donors (Lipinski definition) is 2.